The smallest absolute Gasteiger partial charge is 0.306 e. The van der Waals surface area contributed by atoms with Gasteiger partial charge < -0.3 is 14.2 Å². The van der Waals surface area contributed by atoms with Crippen molar-refractivity contribution >= 4 is 17.9 Å². The van der Waals surface area contributed by atoms with E-state index in [1.165, 1.54) is 302 Å². The Labute approximate surface area is 493 Å². The molecule has 0 spiro atoms. The zero-order valence-electron chi connectivity index (χ0n) is 53.7. The summed E-state index contributed by atoms with van der Waals surface area (Å²) in [5, 5.41) is 0. The molecular formula is C73H138O6. The minimum Gasteiger partial charge on any atom is -0.462 e. The molecular weight excluding hydrogens is 973 g/mol. The number of allylic oxidation sites excluding steroid dienone is 4. The Morgan fingerprint density at radius 1 is 0.241 bits per heavy atom. The number of ether oxygens (including phenoxy) is 3. The van der Waals surface area contributed by atoms with Crippen LogP contribution in [0.25, 0.3) is 0 Å². The standard InChI is InChI=1S/C73H138O6/c1-4-7-10-13-16-19-22-25-27-29-31-32-33-34-35-36-37-38-39-40-42-43-45-48-51-54-57-60-63-66-72(75)78-69-70(68-77-71(74)65-62-59-56-53-50-47-24-21-18-15-12-9-6-3)79-73(76)67-64-61-58-55-52-49-46-44-41-30-28-26-23-20-17-14-11-8-5-2/h21,24,29,31,70H,4-20,22-23,25-28,30,32-69H2,1-3H3/b24-21-,31-29-. The molecule has 0 fully saturated rings. The number of unbranched alkanes of at least 4 members (excludes halogenated alkanes) is 52. The molecule has 0 aliphatic rings. The fraction of sp³-hybridized carbons (Fsp3) is 0.904. The third-order valence-electron chi connectivity index (χ3n) is 16.4. The van der Waals surface area contributed by atoms with Crippen LogP contribution in [0.4, 0.5) is 0 Å². The Balaban J connectivity index is 4.17. The van der Waals surface area contributed by atoms with Gasteiger partial charge in [0.05, 0.1) is 0 Å². The van der Waals surface area contributed by atoms with Crippen LogP contribution in [0.3, 0.4) is 0 Å². The Kier molecular flexibility index (Phi) is 66.6. The van der Waals surface area contributed by atoms with Gasteiger partial charge >= 0.3 is 17.9 Å². The second-order valence-electron chi connectivity index (χ2n) is 24.5. The van der Waals surface area contributed by atoms with Crippen LogP contribution >= 0.6 is 0 Å². The van der Waals surface area contributed by atoms with Crippen molar-refractivity contribution in [2.24, 2.45) is 0 Å². The van der Waals surface area contributed by atoms with Gasteiger partial charge in [-0.3, -0.25) is 14.4 Å². The number of hydrogen-bond acceptors (Lipinski definition) is 6. The molecule has 1 unspecified atom stereocenters. The summed E-state index contributed by atoms with van der Waals surface area (Å²) in [6.45, 7) is 6.70. The van der Waals surface area contributed by atoms with E-state index in [9.17, 15) is 14.4 Å². The van der Waals surface area contributed by atoms with Gasteiger partial charge in [0.15, 0.2) is 6.10 Å². The molecule has 0 aromatic carbocycles. The predicted molar refractivity (Wildman–Crippen MR) is 344 cm³/mol. The Morgan fingerprint density at radius 3 is 0.646 bits per heavy atom. The highest BCUT2D eigenvalue weighted by molar-refractivity contribution is 5.71. The van der Waals surface area contributed by atoms with Gasteiger partial charge in [0.1, 0.15) is 13.2 Å². The number of carbonyl (C=O) groups is 3. The van der Waals surface area contributed by atoms with Crippen LogP contribution in [0, 0.1) is 0 Å². The van der Waals surface area contributed by atoms with Gasteiger partial charge in [-0.2, -0.15) is 0 Å². The second kappa shape index (κ2) is 68.4. The maximum absolute atomic E-state index is 12.9. The molecule has 0 aromatic heterocycles. The number of carbonyl (C=O) groups excluding carboxylic acids is 3. The lowest BCUT2D eigenvalue weighted by atomic mass is 10.0. The molecule has 0 saturated carbocycles. The molecule has 0 aromatic rings. The minimum atomic E-state index is -0.771. The predicted octanol–water partition coefficient (Wildman–Crippen LogP) is 24.6. The molecule has 0 amide bonds. The number of hydrogen-bond donors (Lipinski definition) is 0. The van der Waals surface area contributed by atoms with Crippen LogP contribution in [-0.2, 0) is 28.6 Å². The lowest BCUT2D eigenvalue weighted by molar-refractivity contribution is -0.167. The third-order valence-corrected chi connectivity index (χ3v) is 16.4. The van der Waals surface area contributed by atoms with Crippen molar-refractivity contribution in [3.8, 4) is 0 Å². The molecule has 466 valence electrons. The van der Waals surface area contributed by atoms with E-state index in [0.717, 1.165) is 64.2 Å². The Morgan fingerprint density at radius 2 is 0.418 bits per heavy atom. The zero-order chi connectivity index (χ0) is 57.1. The van der Waals surface area contributed by atoms with E-state index in [-0.39, 0.29) is 31.1 Å². The average Bonchev–Trinajstić information content (AvgIpc) is 3.45. The van der Waals surface area contributed by atoms with Crippen molar-refractivity contribution in [3.63, 3.8) is 0 Å². The fourth-order valence-electron chi connectivity index (χ4n) is 11.0. The molecule has 0 aliphatic carbocycles. The van der Waals surface area contributed by atoms with Gasteiger partial charge in [-0.15, -0.1) is 0 Å². The third kappa shape index (κ3) is 66.6. The number of rotatable bonds is 67. The lowest BCUT2D eigenvalue weighted by Crippen LogP contribution is -2.30. The molecule has 0 rings (SSSR count). The summed E-state index contributed by atoms with van der Waals surface area (Å²) in [4.78, 5) is 38.4. The zero-order valence-corrected chi connectivity index (χ0v) is 53.7. The summed E-state index contributed by atoms with van der Waals surface area (Å²) in [7, 11) is 0. The first-order chi connectivity index (χ1) is 39.0. The van der Waals surface area contributed by atoms with E-state index in [4.69, 9.17) is 14.2 Å². The maximum atomic E-state index is 12.9. The first kappa shape index (κ1) is 76.9. The average molecular weight is 1110 g/mol. The quantitative estimate of drug-likeness (QED) is 0.0261. The Hall–Kier alpha value is -2.11. The Bertz CT molecular complexity index is 1270. The van der Waals surface area contributed by atoms with E-state index < -0.39 is 6.10 Å². The van der Waals surface area contributed by atoms with E-state index in [1.807, 2.05) is 0 Å². The highest BCUT2D eigenvalue weighted by Crippen LogP contribution is 2.19. The molecule has 0 saturated heterocycles. The topological polar surface area (TPSA) is 78.9 Å². The number of esters is 3. The highest BCUT2D eigenvalue weighted by Gasteiger charge is 2.19. The molecule has 0 bridgehead atoms. The van der Waals surface area contributed by atoms with Crippen molar-refractivity contribution in [1.82, 2.24) is 0 Å². The SMILES string of the molecule is CCCCCC/C=C\CCCCCCCC(=O)OCC(COC(=O)CCCCCCCCCCCCCCCCCCC/C=C\CCCCCCCCCC)OC(=O)CCCCCCCCCCCCCCCCCCCCC. The lowest BCUT2D eigenvalue weighted by Gasteiger charge is -2.18. The van der Waals surface area contributed by atoms with Crippen molar-refractivity contribution in [2.45, 2.75) is 412 Å². The first-order valence-electron chi connectivity index (χ1n) is 35.8. The fourth-order valence-corrected chi connectivity index (χ4v) is 11.0. The van der Waals surface area contributed by atoms with E-state index >= 15 is 0 Å². The van der Waals surface area contributed by atoms with Crippen LogP contribution < -0.4 is 0 Å². The molecule has 0 radical (unpaired) electrons. The molecule has 0 N–H and O–H groups in total. The molecule has 1 atom stereocenters. The van der Waals surface area contributed by atoms with Crippen LogP contribution in [0.1, 0.15) is 406 Å². The van der Waals surface area contributed by atoms with Crippen molar-refractivity contribution in [2.75, 3.05) is 13.2 Å². The van der Waals surface area contributed by atoms with Gasteiger partial charge in [-0.1, -0.05) is 340 Å². The molecule has 6 heteroatoms. The molecule has 6 nitrogen and oxygen atoms in total. The maximum Gasteiger partial charge on any atom is 0.306 e. The first-order valence-corrected chi connectivity index (χ1v) is 35.8. The van der Waals surface area contributed by atoms with E-state index in [0.29, 0.717) is 19.3 Å². The van der Waals surface area contributed by atoms with Gasteiger partial charge in [-0.05, 0) is 70.6 Å². The monoisotopic (exact) mass is 1110 g/mol. The van der Waals surface area contributed by atoms with Gasteiger partial charge in [0, 0.05) is 19.3 Å². The summed E-state index contributed by atoms with van der Waals surface area (Å²) < 4.78 is 17.0. The summed E-state index contributed by atoms with van der Waals surface area (Å²) in [6.07, 6.45) is 83.6. The molecule has 0 aliphatic heterocycles. The summed E-state index contributed by atoms with van der Waals surface area (Å²) in [5.41, 5.74) is 0. The summed E-state index contributed by atoms with van der Waals surface area (Å²) in [5.74, 6) is -0.845. The normalized spacial score (nSPS) is 12.1. The van der Waals surface area contributed by atoms with Gasteiger partial charge in [-0.25, -0.2) is 0 Å². The van der Waals surface area contributed by atoms with E-state index in [1.54, 1.807) is 0 Å². The van der Waals surface area contributed by atoms with Crippen LogP contribution in [0.15, 0.2) is 24.3 Å². The summed E-state index contributed by atoms with van der Waals surface area (Å²) >= 11 is 0. The largest absolute Gasteiger partial charge is 0.462 e. The molecule has 0 heterocycles. The van der Waals surface area contributed by atoms with Crippen LogP contribution in [-0.4, -0.2) is 37.2 Å². The van der Waals surface area contributed by atoms with Crippen molar-refractivity contribution < 1.29 is 28.6 Å². The van der Waals surface area contributed by atoms with Crippen LogP contribution in [0.5, 0.6) is 0 Å². The summed E-state index contributed by atoms with van der Waals surface area (Å²) in [6, 6.07) is 0. The van der Waals surface area contributed by atoms with Crippen molar-refractivity contribution in [3.05, 3.63) is 24.3 Å². The van der Waals surface area contributed by atoms with E-state index in [2.05, 4.69) is 45.1 Å². The molecule has 79 heavy (non-hydrogen) atoms. The minimum absolute atomic E-state index is 0.0675. The van der Waals surface area contributed by atoms with Crippen molar-refractivity contribution in [1.29, 1.82) is 0 Å². The van der Waals surface area contributed by atoms with Gasteiger partial charge in [0.2, 0.25) is 0 Å². The van der Waals surface area contributed by atoms with Crippen LogP contribution in [0.2, 0.25) is 0 Å². The van der Waals surface area contributed by atoms with Gasteiger partial charge in [0.25, 0.3) is 0 Å². The highest BCUT2D eigenvalue weighted by atomic mass is 16.6. The second-order valence-corrected chi connectivity index (χ2v) is 24.5.